The molecule has 1 heterocycles. The van der Waals surface area contributed by atoms with E-state index < -0.39 is 0 Å². The molecular weight excluding hydrogens is 308 g/mol. The molecule has 1 aromatic carbocycles. The number of benzene rings is 1. The lowest BCUT2D eigenvalue weighted by molar-refractivity contribution is 0.340. The number of hydrogen-bond donors (Lipinski definition) is 2. The highest BCUT2D eigenvalue weighted by atomic mass is 79.9. The number of nitrogens with zero attached hydrogens (tertiary/aromatic N) is 2. The second kappa shape index (κ2) is 5.88. The molecule has 2 rings (SSSR count). The van der Waals surface area contributed by atoms with Gasteiger partial charge in [-0.2, -0.15) is 4.98 Å². The normalized spacial score (nSPS) is 10.3. The molecule has 100 valence electrons. The minimum atomic E-state index is 0.252. The summed E-state index contributed by atoms with van der Waals surface area (Å²) in [4.78, 5) is 8.17. The van der Waals surface area contributed by atoms with Crippen LogP contribution in [0.3, 0.4) is 0 Å². The van der Waals surface area contributed by atoms with Crippen molar-refractivity contribution in [3.05, 3.63) is 34.4 Å². The summed E-state index contributed by atoms with van der Waals surface area (Å²) in [5, 5.41) is 3.18. The number of nitrogens with two attached hydrogens (primary N) is 1. The number of aromatic nitrogens is 2. The van der Waals surface area contributed by atoms with Crippen molar-refractivity contribution >= 4 is 33.4 Å². The van der Waals surface area contributed by atoms with Gasteiger partial charge in [-0.3, -0.25) is 0 Å². The van der Waals surface area contributed by atoms with Gasteiger partial charge >= 0.3 is 0 Å². The maximum absolute atomic E-state index is 5.62. The minimum absolute atomic E-state index is 0.252. The van der Waals surface area contributed by atoms with E-state index >= 15 is 0 Å². The second-order valence-corrected chi connectivity index (χ2v) is 4.90. The van der Waals surface area contributed by atoms with Crippen molar-refractivity contribution in [2.24, 2.45) is 0 Å². The van der Waals surface area contributed by atoms with Gasteiger partial charge in [0.05, 0.1) is 6.61 Å². The summed E-state index contributed by atoms with van der Waals surface area (Å²) in [5.74, 6) is 1.70. The number of ether oxygens (including phenoxy) is 1. The minimum Gasteiger partial charge on any atom is -0.494 e. The van der Waals surface area contributed by atoms with E-state index in [1.807, 2.05) is 38.1 Å². The van der Waals surface area contributed by atoms with Gasteiger partial charge in [-0.1, -0.05) is 15.9 Å². The lowest BCUT2D eigenvalue weighted by Crippen LogP contribution is -2.01. The molecule has 0 atom stereocenters. The Morgan fingerprint density at radius 2 is 2.05 bits per heavy atom. The fourth-order valence-corrected chi connectivity index (χ4v) is 2.16. The van der Waals surface area contributed by atoms with Crippen molar-refractivity contribution in [3.63, 3.8) is 0 Å². The molecule has 0 saturated carbocycles. The molecule has 5 nitrogen and oxygen atoms in total. The second-order valence-electron chi connectivity index (χ2n) is 3.99. The molecule has 0 spiro atoms. The molecule has 0 aliphatic rings. The molecule has 0 radical (unpaired) electrons. The standard InChI is InChI=1S/C13H15BrN4O/c1-3-19-11-6-9(14)5-10(7-11)17-12-4-8(2)16-13(15)18-12/h4-7H,3H2,1-2H3,(H3,15,16,17,18). The third-order valence-electron chi connectivity index (χ3n) is 2.33. The number of nitrogen functional groups attached to an aromatic ring is 1. The summed E-state index contributed by atoms with van der Waals surface area (Å²) < 4.78 is 6.42. The Labute approximate surface area is 120 Å². The van der Waals surface area contributed by atoms with Crippen LogP contribution in [0.5, 0.6) is 5.75 Å². The first-order valence-electron chi connectivity index (χ1n) is 5.88. The molecule has 0 aliphatic heterocycles. The van der Waals surface area contributed by atoms with Crippen molar-refractivity contribution in [1.29, 1.82) is 0 Å². The van der Waals surface area contributed by atoms with E-state index in [2.05, 4.69) is 31.2 Å². The van der Waals surface area contributed by atoms with E-state index in [-0.39, 0.29) is 5.95 Å². The first-order chi connectivity index (χ1) is 9.06. The van der Waals surface area contributed by atoms with Crippen molar-refractivity contribution < 1.29 is 4.74 Å². The number of nitrogens with one attached hydrogen (secondary N) is 1. The van der Waals surface area contributed by atoms with E-state index in [1.54, 1.807) is 0 Å². The van der Waals surface area contributed by atoms with Crippen LogP contribution in [0.4, 0.5) is 17.5 Å². The largest absolute Gasteiger partial charge is 0.494 e. The Bertz CT molecular complexity index is 569. The zero-order valence-electron chi connectivity index (χ0n) is 10.8. The lowest BCUT2D eigenvalue weighted by atomic mass is 10.3. The van der Waals surface area contributed by atoms with Gasteiger partial charge in [-0.15, -0.1) is 0 Å². The average Bonchev–Trinajstić information content (AvgIpc) is 2.26. The molecular formula is C13H15BrN4O. The van der Waals surface area contributed by atoms with Gasteiger partial charge in [0.2, 0.25) is 5.95 Å². The molecule has 0 unspecified atom stereocenters. The summed E-state index contributed by atoms with van der Waals surface area (Å²) in [5.41, 5.74) is 7.31. The van der Waals surface area contributed by atoms with E-state index in [4.69, 9.17) is 10.5 Å². The molecule has 2 aromatic rings. The third kappa shape index (κ3) is 3.82. The highest BCUT2D eigenvalue weighted by Gasteiger charge is 2.03. The summed E-state index contributed by atoms with van der Waals surface area (Å²) in [6, 6.07) is 7.59. The van der Waals surface area contributed by atoms with Gasteiger partial charge in [0.25, 0.3) is 0 Å². The van der Waals surface area contributed by atoms with Crippen molar-refractivity contribution in [3.8, 4) is 5.75 Å². The predicted molar refractivity (Wildman–Crippen MR) is 79.8 cm³/mol. The monoisotopic (exact) mass is 322 g/mol. The van der Waals surface area contributed by atoms with Crippen molar-refractivity contribution in [1.82, 2.24) is 9.97 Å². The molecule has 0 saturated heterocycles. The fraction of sp³-hybridized carbons (Fsp3) is 0.231. The van der Waals surface area contributed by atoms with Crippen LogP contribution in [0.25, 0.3) is 0 Å². The van der Waals surface area contributed by atoms with Crippen molar-refractivity contribution in [2.75, 3.05) is 17.7 Å². The van der Waals surface area contributed by atoms with Crippen LogP contribution in [0.2, 0.25) is 0 Å². The van der Waals surface area contributed by atoms with Crippen LogP contribution in [-0.2, 0) is 0 Å². The highest BCUT2D eigenvalue weighted by Crippen LogP contribution is 2.26. The summed E-state index contributed by atoms with van der Waals surface area (Å²) in [6.45, 7) is 4.44. The maximum atomic E-state index is 5.62. The van der Waals surface area contributed by atoms with Gasteiger partial charge in [0, 0.05) is 28.0 Å². The third-order valence-corrected chi connectivity index (χ3v) is 2.78. The summed E-state index contributed by atoms with van der Waals surface area (Å²) in [6.07, 6.45) is 0. The molecule has 0 bridgehead atoms. The Morgan fingerprint density at radius 1 is 1.26 bits per heavy atom. The van der Waals surface area contributed by atoms with Gasteiger partial charge < -0.3 is 15.8 Å². The maximum Gasteiger partial charge on any atom is 0.222 e. The first kappa shape index (κ1) is 13.6. The number of halogens is 1. The zero-order valence-corrected chi connectivity index (χ0v) is 12.4. The molecule has 6 heteroatoms. The molecule has 19 heavy (non-hydrogen) atoms. The lowest BCUT2D eigenvalue weighted by Gasteiger charge is -2.10. The number of anilines is 3. The van der Waals surface area contributed by atoms with Gasteiger partial charge in [0.1, 0.15) is 11.6 Å². The molecule has 0 amide bonds. The van der Waals surface area contributed by atoms with Crippen LogP contribution in [0.1, 0.15) is 12.6 Å². The van der Waals surface area contributed by atoms with E-state index in [0.717, 1.165) is 21.6 Å². The topological polar surface area (TPSA) is 73.1 Å². The number of aryl methyl sites for hydroxylation is 1. The molecule has 1 aromatic heterocycles. The van der Waals surface area contributed by atoms with Crippen LogP contribution in [0, 0.1) is 6.92 Å². The van der Waals surface area contributed by atoms with Gasteiger partial charge in [-0.25, -0.2) is 4.98 Å². The summed E-state index contributed by atoms with van der Waals surface area (Å²) in [7, 11) is 0. The molecule has 0 fully saturated rings. The Kier molecular flexibility index (Phi) is 4.21. The highest BCUT2D eigenvalue weighted by molar-refractivity contribution is 9.10. The smallest absolute Gasteiger partial charge is 0.222 e. The quantitative estimate of drug-likeness (QED) is 0.903. The van der Waals surface area contributed by atoms with E-state index in [0.29, 0.717) is 12.4 Å². The predicted octanol–water partition coefficient (Wildman–Crippen LogP) is 3.27. The molecule has 0 aliphatic carbocycles. The fourth-order valence-electron chi connectivity index (χ4n) is 1.69. The Hall–Kier alpha value is -1.82. The average molecular weight is 323 g/mol. The zero-order chi connectivity index (χ0) is 13.8. The Morgan fingerprint density at radius 3 is 2.74 bits per heavy atom. The SMILES string of the molecule is CCOc1cc(Br)cc(Nc2cc(C)nc(N)n2)c1. The Balaban J connectivity index is 2.27. The van der Waals surface area contributed by atoms with Gasteiger partial charge in [0.15, 0.2) is 0 Å². The number of hydrogen-bond acceptors (Lipinski definition) is 5. The van der Waals surface area contributed by atoms with Crippen LogP contribution in [-0.4, -0.2) is 16.6 Å². The van der Waals surface area contributed by atoms with Crippen LogP contribution >= 0.6 is 15.9 Å². The van der Waals surface area contributed by atoms with Gasteiger partial charge in [-0.05, 0) is 26.0 Å². The van der Waals surface area contributed by atoms with Crippen molar-refractivity contribution in [2.45, 2.75) is 13.8 Å². The summed E-state index contributed by atoms with van der Waals surface area (Å²) >= 11 is 3.45. The number of rotatable bonds is 4. The van der Waals surface area contributed by atoms with E-state index in [1.165, 1.54) is 0 Å². The van der Waals surface area contributed by atoms with Crippen LogP contribution < -0.4 is 15.8 Å². The molecule has 3 N–H and O–H groups in total. The van der Waals surface area contributed by atoms with Crippen LogP contribution in [0.15, 0.2) is 28.7 Å². The first-order valence-corrected chi connectivity index (χ1v) is 6.67. The van der Waals surface area contributed by atoms with E-state index in [9.17, 15) is 0 Å².